The summed E-state index contributed by atoms with van der Waals surface area (Å²) in [6.45, 7) is 1.25. The number of methoxy groups -OCH3 is 1. The predicted octanol–water partition coefficient (Wildman–Crippen LogP) is 1.63. The number of ketones is 1. The van der Waals surface area contributed by atoms with Crippen LogP contribution < -0.4 is 4.74 Å². The van der Waals surface area contributed by atoms with Gasteiger partial charge in [0.05, 0.1) is 13.0 Å². The molecule has 0 spiro atoms. The van der Waals surface area contributed by atoms with Crippen LogP contribution in [-0.2, 0) is 14.3 Å². The summed E-state index contributed by atoms with van der Waals surface area (Å²) in [5, 5.41) is 0. The summed E-state index contributed by atoms with van der Waals surface area (Å²) in [5.41, 5.74) is 0.537. The molecule has 16 heavy (non-hydrogen) atoms. The van der Waals surface area contributed by atoms with Crippen molar-refractivity contribution in [2.24, 2.45) is 0 Å². The number of carbonyl (C=O) groups excluding carboxylic acids is 2. The van der Waals surface area contributed by atoms with Crippen molar-refractivity contribution in [1.82, 2.24) is 0 Å². The molecule has 1 atom stereocenters. The SMILES string of the molecule is COc1ccc(C(O[C]=O)C(=O)CCl)cc1. The van der Waals surface area contributed by atoms with Crippen LogP contribution in [0.1, 0.15) is 11.7 Å². The van der Waals surface area contributed by atoms with Crippen LogP contribution in [0, 0.1) is 0 Å². The molecule has 1 radical (unpaired) electrons. The molecule has 0 fully saturated rings. The van der Waals surface area contributed by atoms with Crippen LogP contribution in [-0.4, -0.2) is 25.2 Å². The zero-order valence-corrected chi connectivity index (χ0v) is 9.36. The fourth-order valence-electron chi connectivity index (χ4n) is 1.22. The van der Waals surface area contributed by atoms with E-state index in [4.69, 9.17) is 16.3 Å². The third-order valence-electron chi connectivity index (χ3n) is 2.01. The molecule has 1 rings (SSSR count). The number of Topliss-reactive ketones (excluding diaryl/α,β-unsaturated/α-hetero) is 1. The summed E-state index contributed by atoms with van der Waals surface area (Å²) in [4.78, 5) is 21.6. The third kappa shape index (κ3) is 2.97. The van der Waals surface area contributed by atoms with Crippen LogP contribution in [0.15, 0.2) is 24.3 Å². The Morgan fingerprint density at radius 2 is 2.06 bits per heavy atom. The van der Waals surface area contributed by atoms with Gasteiger partial charge in [-0.1, -0.05) is 12.1 Å². The van der Waals surface area contributed by atoms with Gasteiger partial charge in [0.25, 0.3) is 0 Å². The number of hydrogen-bond donors (Lipinski definition) is 0. The van der Waals surface area contributed by atoms with E-state index in [0.29, 0.717) is 11.3 Å². The lowest BCUT2D eigenvalue weighted by atomic mass is 10.1. The largest absolute Gasteiger partial charge is 0.497 e. The van der Waals surface area contributed by atoms with Crippen LogP contribution in [0.4, 0.5) is 0 Å². The first kappa shape index (κ1) is 12.5. The number of carbonyl (C=O) groups is 1. The van der Waals surface area contributed by atoms with Crippen LogP contribution >= 0.6 is 11.6 Å². The van der Waals surface area contributed by atoms with Gasteiger partial charge in [0.1, 0.15) is 5.75 Å². The summed E-state index contributed by atoms with van der Waals surface area (Å²) in [6, 6.07) is 6.59. The predicted molar refractivity (Wildman–Crippen MR) is 58.2 cm³/mol. The average molecular weight is 242 g/mol. The van der Waals surface area contributed by atoms with E-state index in [1.165, 1.54) is 13.6 Å². The highest BCUT2D eigenvalue weighted by Crippen LogP contribution is 2.21. The molecule has 0 saturated carbocycles. The van der Waals surface area contributed by atoms with E-state index in [-0.39, 0.29) is 5.88 Å². The molecule has 85 valence electrons. The van der Waals surface area contributed by atoms with E-state index in [2.05, 4.69) is 4.74 Å². The summed E-state index contributed by atoms with van der Waals surface area (Å²) in [6.07, 6.45) is -0.999. The van der Waals surface area contributed by atoms with Gasteiger partial charge in [0.2, 0.25) is 0 Å². The first-order chi connectivity index (χ1) is 7.72. The van der Waals surface area contributed by atoms with Crippen LogP contribution in [0.3, 0.4) is 0 Å². The zero-order chi connectivity index (χ0) is 12.0. The molecule has 0 bridgehead atoms. The average Bonchev–Trinajstić information content (AvgIpc) is 2.35. The van der Waals surface area contributed by atoms with Crippen molar-refractivity contribution in [3.05, 3.63) is 29.8 Å². The van der Waals surface area contributed by atoms with E-state index in [1.807, 2.05) is 0 Å². The summed E-state index contributed by atoms with van der Waals surface area (Å²) >= 11 is 5.41. The fourth-order valence-corrected chi connectivity index (χ4v) is 1.36. The quantitative estimate of drug-likeness (QED) is 0.711. The van der Waals surface area contributed by atoms with Crippen molar-refractivity contribution in [2.45, 2.75) is 6.10 Å². The molecule has 0 saturated heterocycles. The van der Waals surface area contributed by atoms with Gasteiger partial charge in [0.15, 0.2) is 11.9 Å². The standard InChI is InChI=1S/C11H10ClO4/c1-15-9-4-2-8(3-5-9)11(16-7-13)10(14)6-12/h2-5,11H,6H2,1H3. The van der Waals surface area contributed by atoms with E-state index in [1.54, 1.807) is 24.3 Å². The van der Waals surface area contributed by atoms with Crippen molar-refractivity contribution >= 4 is 23.9 Å². The lowest BCUT2D eigenvalue weighted by molar-refractivity contribution is -0.124. The van der Waals surface area contributed by atoms with Crippen molar-refractivity contribution in [2.75, 3.05) is 13.0 Å². The maximum Gasteiger partial charge on any atom is 0.418 e. The van der Waals surface area contributed by atoms with E-state index in [0.717, 1.165) is 0 Å². The molecular formula is C11H10ClO4. The second-order valence-electron chi connectivity index (χ2n) is 2.95. The summed E-state index contributed by atoms with van der Waals surface area (Å²) in [7, 11) is 1.53. The number of rotatable bonds is 6. The number of alkyl halides is 1. The van der Waals surface area contributed by atoms with E-state index >= 15 is 0 Å². The molecule has 1 aromatic carbocycles. The number of hydrogen-bond acceptors (Lipinski definition) is 4. The highest BCUT2D eigenvalue weighted by Gasteiger charge is 2.21. The molecule has 1 aromatic rings. The molecule has 1 unspecified atom stereocenters. The number of halogens is 1. The minimum atomic E-state index is -0.999. The minimum absolute atomic E-state index is 0.224. The number of benzene rings is 1. The molecule has 0 amide bonds. The zero-order valence-electron chi connectivity index (χ0n) is 8.60. The second-order valence-corrected chi connectivity index (χ2v) is 3.22. The van der Waals surface area contributed by atoms with Crippen LogP contribution in [0.2, 0.25) is 0 Å². The molecule has 0 aliphatic heterocycles. The lowest BCUT2D eigenvalue weighted by Crippen LogP contribution is -2.16. The molecule has 0 N–H and O–H groups in total. The highest BCUT2D eigenvalue weighted by molar-refractivity contribution is 6.28. The van der Waals surface area contributed by atoms with Gasteiger partial charge in [-0.05, 0) is 12.1 Å². The Morgan fingerprint density at radius 1 is 1.44 bits per heavy atom. The molecule has 0 aliphatic carbocycles. The van der Waals surface area contributed by atoms with Crippen LogP contribution in [0.25, 0.3) is 0 Å². The maximum absolute atomic E-state index is 11.4. The highest BCUT2D eigenvalue weighted by atomic mass is 35.5. The molecular weight excluding hydrogens is 232 g/mol. The molecule has 0 aromatic heterocycles. The number of ether oxygens (including phenoxy) is 2. The van der Waals surface area contributed by atoms with E-state index < -0.39 is 11.9 Å². The molecule has 4 nitrogen and oxygen atoms in total. The Hall–Kier alpha value is -1.55. The normalized spacial score (nSPS) is 11.6. The van der Waals surface area contributed by atoms with E-state index in [9.17, 15) is 9.59 Å². The van der Waals surface area contributed by atoms with Gasteiger partial charge >= 0.3 is 6.47 Å². The van der Waals surface area contributed by atoms with Crippen molar-refractivity contribution in [3.63, 3.8) is 0 Å². The van der Waals surface area contributed by atoms with Crippen molar-refractivity contribution in [1.29, 1.82) is 0 Å². The third-order valence-corrected chi connectivity index (χ3v) is 2.27. The lowest BCUT2D eigenvalue weighted by Gasteiger charge is -2.12. The first-order valence-corrected chi connectivity index (χ1v) is 5.01. The summed E-state index contributed by atoms with van der Waals surface area (Å²) in [5.74, 6) is 0.0318. The fraction of sp³-hybridized carbons (Fsp3) is 0.273. The van der Waals surface area contributed by atoms with Crippen LogP contribution in [0.5, 0.6) is 5.75 Å². The van der Waals surface area contributed by atoms with Gasteiger partial charge in [-0.3, -0.25) is 4.79 Å². The van der Waals surface area contributed by atoms with Gasteiger partial charge in [0, 0.05) is 5.56 Å². The van der Waals surface area contributed by atoms with Gasteiger partial charge < -0.3 is 9.47 Å². The monoisotopic (exact) mass is 241 g/mol. The van der Waals surface area contributed by atoms with Crippen molar-refractivity contribution < 1.29 is 19.1 Å². The van der Waals surface area contributed by atoms with Gasteiger partial charge in [-0.25, -0.2) is 4.79 Å². The second kappa shape index (κ2) is 6.12. The smallest absolute Gasteiger partial charge is 0.418 e. The topological polar surface area (TPSA) is 52.6 Å². The Bertz CT molecular complexity index is 361. The first-order valence-electron chi connectivity index (χ1n) is 4.48. The van der Waals surface area contributed by atoms with Gasteiger partial charge in [-0.15, -0.1) is 11.6 Å². The maximum atomic E-state index is 11.4. The summed E-state index contributed by atoms with van der Waals surface area (Å²) < 4.78 is 9.54. The minimum Gasteiger partial charge on any atom is -0.497 e. The van der Waals surface area contributed by atoms with Gasteiger partial charge in [-0.2, -0.15) is 0 Å². The molecule has 5 heteroatoms. The van der Waals surface area contributed by atoms with Crippen molar-refractivity contribution in [3.8, 4) is 5.75 Å². The Morgan fingerprint density at radius 3 is 2.50 bits per heavy atom. The Kier molecular flexibility index (Phi) is 4.79. The Labute approximate surface area is 98.1 Å². The molecule has 0 heterocycles. The Balaban J connectivity index is 2.91. The molecule has 0 aliphatic rings.